The van der Waals surface area contributed by atoms with Crippen molar-refractivity contribution in [1.82, 2.24) is 19.6 Å². The summed E-state index contributed by atoms with van der Waals surface area (Å²) in [6.45, 7) is 3.25. The van der Waals surface area contributed by atoms with Crippen molar-refractivity contribution in [2.75, 3.05) is 50.2 Å². The molecule has 1 aliphatic heterocycles. The van der Waals surface area contributed by atoms with E-state index in [1.54, 1.807) is 0 Å². The Bertz CT molecular complexity index is 1170. The third-order valence-electron chi connectivity index (χ3n) is 6.37. The summed E-state index contributed by atoms with van der Waals surface area (Å²) < 4.78 is 45.7. The van der Waals surface area contributed by atoms with Crippen molar-refractivity contribution < 1.29 is 27.4 Å². The number of aliphatic hydroxyl groups is 1. The molecule has 1 aliphatic rings. The van der Waals surface area contributed by atoms with Crippen LogP contribution in [0.5, 0.6) is 5.75 Å². The third kappa shape index (κ3) is 7.57. The Morgan fingerprint density at radius 2 is 2.05 bits per heavy atom. The zero-order valence-corrected chi connectivity index (χ0v) is 21.9. The molecule has 3 rings (SSSR count). The number of sulfonamides is 1. The second-order valence-electron chi connectivity index (χ2n) is 8.90. The first-order valence-corrected chi connectivity index (χ1v) is 13.9. The summed E-state index contributed by atoms with van der Waals surface area (Å²) in [6.07, 6.45) is 3.65. The minimum Gasteiger partial charge on any atom is -0.496 e. The SMILES string of the molecule is CC[C@H](CO)NCCCS(=O)(=O)N1CCC(Nc2ncc(C(=O)c3cc(F)ccc3OC)c(N)n2)CC1. The van der Waals surface area contributed by atoms with Crippen LogP contribution in [-0.2, 0) is 10.0 Å². The lowest BCUT2D eigenvalue weighted by Gasteiger charge is -2.31. The lowest BCUT2D eigenvalue weighted by Crippen LogP contribution is -2.44. The highest BCUT2D eigenvalue weighted by molar-refractivity contribution is 7.89. The van der Waals surface area contributed by atoms with Gasteiger partial charge in [0.1, 0.15) is 17.4 Å². The number of aliphatic hydroxyl groups excluding tert-OH is 1. The number of carbonyl (C=O) groups is 1. The molecule has 1 saturated heterocycles. The van der Waals surface area contributed by atoms with Crippen molar-refractivity contribution in [3.8, 4) is 5.75 Å². The van der Waals surface area contributed by atoms with Crippen LogP contribution in [-0.4, -0.2) is 84.8 Å². The molecule has 0 unspecified atom stereocenters. The maximum absolute atomic E-state index is 13.7. The first-order chi connectivity index (χ1) is 17.7. The van der Waals surface area contributed by atoms with E-state index in [2.05, 4.69) is 20.6 Å². The highest BCUT2D eigenvalue weighted by atomic mass is 32.2. The number of rotatable bonds is 13. The van der Waals surface area contributed by atoms with Gasteiger partial charge in [0.25, 0.3) is 0 Å². The van der Waals surface area contributed by atoms with Crippen molar-refractivity contribution in [1.29, 1.82) is 0 Å². The number of carbonyl (C=O) groups excluding carboxylic acids is 1. The standard InChI is InChI=1S/C24H35FN6O5S/c1-3-17(15-32)27-9-4-12-37(34,35)31-10-7-18(8-11-31)29-24-28-14-20(23(26)30-24)22(33)19-13-16(25)5-6-21(19)36-2/h5-6,13-14,17-18,27,32H,3-4,7-12,15H2,1-2H3,(H3,26,28,29,30)/t17-/m1/s1. The molecule has 37 heavy (non-hydrogen) atoms. The number of hydrogen-bond donors (Lipinski definition) is 4. The summed E-state index contributed by atoms with van der Waals surface area (Å²) in [7, 11) is -1.99. The van der Waals surface area contributed by atoms with Crippen LogP contribution in [0.3, 0.4) is 0 Å². The van der Waals surface area contributed by atoms with Crippen LogP contribution in [0.25, 0.3) is 0 Å². The molecular formula is C24H35FN6O5S. The first-order valence-electron chi connectivity index (χ1n) is 12.3. The molecule has 5 N–H and O–H groups in total. The van der Waals surface area contributed by atoms with Crippen molar-refractivity contribution in [2.45, 2.75) is 44.7 Å². The van der Waals surface area contributed by atoms with E-state index < -0.39 is 21.6 Å². The molecule has 1 aromatic heterocycles. The number of halogens is 1. The molecule has 2 heterocycles. The number of methoxy groups -OCH3 is 1. The fourth-order valence-corrected chi connectivity index (χ4v) is 5.67. The van der Waals surface area contributed by atoms with Crippen LogP contribution in [0, 0.1) is 5.82 Å². The Hall–Kier alpha value is -2.87. The van der Waals surface area contributed by atoms with Crippen molar-refractivity contribution in [3.63, 3.8) is 0 Å². The minimum absolute atomic E-state index is 0.0152. The average Bonchev–Trinajstić information content (AvgIpc) is 2.89. The van der Waals surface area contributed by atoms with Gasteiger partial charge in [0.05, 0.1) is 30.6 Å². The van der Waals surface area contributed by atoms with Crippen LogP contribution in [0.1, 0.15) is 48.5 Å². The first kappa shape index (κ1) is 28.7. The zero-order chi connectivity index (χ0) is 27.0. The van der Waals surface area contributed by atoms with Gasteiger partial charge in [0, 0.05) is 31.4 Å². The molecule has 0 spiro atoms. The van der Waals surface area contributed by atoms with Gasteiger partial charge in [-0.2, -0.15) is 4.98 Å². The predicted octanol–water partition coefficient (Wildman–Crippen LogP) is 1.39. The summed E-state index contributed by atoms with van der Waals surface area (Å²) in [5, 5.41) is 15.5. The Balaban J connectivity index is 1.54. The number of nitrogens with two attached hydrogens (primary N) is 1. The summed E-state index contributed by atoms with van der Waals surface area (Å²) in [5.41, 5.74) is 6.05. The van der Waals surface area contributed by atoms with Crippen LogP contribution in [0.15, 0.2) is 24.4 Å². The molecule has 1 atom stereocenters. The van der Waals surface area contributed by atoms with E-state index in [0.29, 0.717) is 38.9 Å². The van der Waals surface area contributed by atoms with Gasteiger partial charge in [-0.05, 0) is 50.4 Å². The smallest absolute Gasteiger partial charge is 0.224 e. The van der Waals surface area contributed by atoms with Crippen LogP contribution < -0.4 is 21.1 Å². The van der Waals surface area contributed by atoms with E-state index in [1.165, 1.54) is 29.7 Å². The van der Waals surface area contributed by atoms with Crippen LogP contribution >= 0.6 is 0 Å². The van der Waals surface area contributed by atoms with Gasteiger partial charge in [-0.15, -0.1) is 0 Å². The maximum atomic E-state index is 13.7. The van der Waals surface area contributed by atoms with Crippen molar-refractivity contribution in [3.05, 3.63) is 41.3 Å². The monoisotopic (exact) mass is 538 g/mol. The molecule has 0 amide bonds. The summed E-state index contributed by atoms with van der Waals surface area (Å²) in [4.78, 5) is 21.3. The normalized spacial score (nSPS) is 15.9. The molecule has 204 valence electrons. The summed E-state index contributed by atoms with van der Waals surface area (Å²) >= 11 is 0. The molecule has 11 nitrogen and oxygen atoms in total. The summed E-state index contributed by atoms with van der Waals surface area (Å²) in [5.74, 6) is -0.725. The molecular weight excluding hydrogens is 503 g/mol. The van der Waals surface area contributed by atoms with Crippen LogP contribution in [0.2, 0.25) is 0 Å². The number of nitrogen functional groups attached to an aromatic ring is 1. The maximum Gasteiger partial charge on any atom is 0.224 e. The van der Waals surface area contributed by atoms with Gasteiger partial charge in [0.2, 0.25) is 21.8 Å². The Kier molecular flexibility index (Phi) is 10.1. The van der Waals surface area contributed by atoms with Gasteiger partial charge in [0.15, 0.2) is 0 Å². The molecule has 1 fully saturated rings. The molecule has 13 heteroatoms. The van der Waals surface area contributed by atoms with Crippen molar-refractivity contribution in [2.24, 2.45) is 0 Å². The predicted molar refractivity (Wildman–Crippen MR) is 139 cm³/mol. The number of aromatic nitrogens is 2. The highest BCUT2D eigenvalue weighted by Gasteiger charge is 2.28. The van der Waals surface area contributed by atoms with Gasteiger partial charge in [-0.3, -0.25) is 4.79 Å². The number of anilines is 2. The molecule has 0 aliphatic carbocycles. The largest absolute Gasteiger partial charge is 0.496 e. The van der Waals surface area contributed by atoms with E-state index in [-0.39, 0.29) is 53.1 Å². The Morgan fingerprint density at radius 1 is 1.32 bits per heavy atom. The fourth-order valence-electron chi connectivity index (χ4n) is 4.13. The number of ketones is 1. The molecule has 1 aromatic carbocycles. The van der Waals surface area contributed by atoms with Crippen LogP contribution in [0.4, 0.5) is 16.2 Å². The number of nitrogens with one attached hydrogen (secondary N) is 2. The van der Waals surface area contributed by atoms with E-state index in [0.717, 1.165) is 12.5 Å². The van der Waals surface area contributed by atoms with Gasteiger partial charge < -0.3 is 26.2 Å². The molecule has 0 bridgehead atoms. The van der Waals surface area contributed by atoms with E-state index >= 15 is 0 Å². The average molecular weight is 539 g/mol. The van der Waals surface area contributed by atoms with Gasteiger partial charge in [-0.25, -0.2) is 22.1 Å². The van der Waals surface area contributed by atoms with E-state index in [9.17, 15) is 22.7 Å². The number of benzene rings is 1. The van der Waals surface area contributed by atoms with Gasteiger partial charge in [-0.1, -0.05) is 6.92 Å². The lowest BCUT2D eigenvalue weighted by molar-refractivity contribution is 0.103. The summed E-state index contributed by atoms with van der Waals surface area (Å²) in [6, 6.07) is 3.54. The number of nitrogens with zero attached hydrogens (tertiary/aromatic N) is 3. The third-order valence-corrected chi connectivity index (χ3v) is 8.33. The minimum atomic E-state index is -3.37. The number of piperidine rings is 1. The second-order valence-corrected chi connectivity index (χ2v) is 11.0. The topological polar surface area (TPSA) is 160 Å². The number of hydrogen-bond acceptors (Lipinski definition) is 10. The molecule has 0 saturated carbocycles. The van der Waals surface area contributed by atoms with Crippen molar-refractivity contribution >= 4 is 27.6 Å². The Labute approximate surface area is 216 Å². The second kappa shape index (κ2) is 13.1. The quantitative estimate of drug-likeness (QED) is 0.217. The Morgan fingerprint density at radius 3 is 2.68 bits per heavy atom. The zero-order valence-electron chi connectivity index (χ0n) is 21.1. The lowest BCUT2D eigenvalue weighted by atomic mass is 10.0. The number of ether oxygens (including phenoxy) is 1. The van der Waals surface area contributed by atoms with E-state index in [4.69, 9.17) is 10.5 Å². The van der Waals surface area contributed by atoms with Gasteiger partial charge >= 0.3 is 0 Å². The molecule has 2 aromatic rings. The van der Waals surface area contributed by atoms with E-state index in [1.807, 2.05) is 6.92 Å². The highest BCUT2D eigenvalue weighted by Crippen LogP contribution is 2.25. The fraction of sp³-hybridized carbons (Fsp3) is 0.542. The molecule has 0 radical (unpaired) electrons.